The zero-order chi connectivity index (χ0) is 17.9. The first-order valence-electron chi connectivity index (χ1n) is 7.45. The van der Waals surface area contributed by atoms with Crippen LogP contribution < -0.4 is 5.32 Å². The van der Waals surface area contributed by atoms with Crippen molar-refractivity contribution in [1.82, 2.24) is 10.3 Å². The smallest absolute Gasteiger partial charge is 0.361 e. The first-order valence-corrected chi connectivity index (χ1v) is 7.45. The van der Waals surface area contributed by atoms with Crippen LogP contribution in [0.15, 0.2) is 54.7 Å². The van der Waals surface area contributed by atoms with Gasteiger partial charge in [0.1, 0.15) is 0 Å². The Kier molecular flexibility index (Phi) is 4.48. The Hall–Kier alpha value is -3.20. The maximum atomic E-state index is 12.9. The van der Waals surface area contributed by atoms with Crippen molar-refractivity contribution in [3.63, 3.8) is 0 Å². The molecule has 3 aromatic rings. The quantitative estimate of drug-likeness (QED) is 0.680. The Labute approximate surface area is 141 Å². The van der Waals surface area contributed by atoms with Gasteiger partial charge in [0.25, 0.3) is 5.91 Å². The number of hydrogen-bond donors (Lipinski definition) is 2. The van der Waals surface area contributed by atoms with E-state index in [2.05, 4.69) is 22.1 Å². The number of carbonyl (C=O) groups excluding carboxylic acids is 1. The van der Waals surface area contributed by atoms with Crippen molar-refractivity contribution >= 4 is 16.8 Å². The van der Waals surface area contributed by atoms with E-state index in [1.165, 1.54) is 18.2 Å². The molecule has 0 fully saturated rings. The molecule has 0 atom stereocenters. The van der Waals surface area contributed by atoms with Gasteiger partial charge in [-0.05, 0) is 35.7 Å². The SMILES string of the molecule is O=C(NCC#Cc1ccccc1C(F)(F)F)c1ccc2cc[nH]c2c1. The molecule has 0 aliphatic heterocycles. The van der Waals surface area contributed by atoms with Crippen LogP contribution in [0.3, 0.4) is 0 Å². The maximum absolute atomic E-state index is 12.9. The third-order valence-corrected chi connectivity index (χ3v) is 3.61. The van der Waals surface area contributed by atoms with Crippen LogP contribution in [0.4, 0.5) is 13.2 Å². The Morgan fingerprint density at radius 1 is 1.12 bits per heavy atom. The fraction of sp³-hybridized carbons (Fsp3) is 0.105. The normalized spacial score (nSPS) is 11.0. The molecule has 1 amide bonds. The van der Waals surface area contributed by atoms with Crippen LogP contribution in [-0.4, -0.2) is 17.4 Å². The molecule has 0 spiro atoms. The molecule has 0 unspecified atom stereocenters. The number of aromatic nitrogens is 1. The van der Waals surface area contributed by atoms with Crippen molar-refractivity contribution in [2.24, 2.45) is 0 Å². The summed E-state index contributed by atoms with van der Waals surface area (Å²) < 4.78 is 38.6. The number of benzene rings is 2. The highest BCUT2D eigenvalue weighted by molar-refractivity contribution is 5.98. The van der Waals surface area contributed by atoms with Crippen molar-refractivity contribution < 1.29 is 18.0 Å². The molecule has 0 saturated carbocycles. The number of aromatic amines is 1. The number of rotatable bonds is 2. The van der Waals surface area contributed by atoms with E-state index in [4.69, 9.17) is 0 Å². The maximum Gasteiger partial charge on any atom is 0.417 e. The van der Waals surface area contributed by atoms with Gasteiger partial charge in [0.2, 0.25) is 0 Å². The molecule has 0 bridgehead atoms. The number of carbonyl (C=O) groups is 1. The van der Waals surface area contributed by atoms with Crippen LogP contribution in [0.2, 0.25) is 0 Å². The third kappa shape index (κ3) is 3.83. The third-order valence-electron chi connectivity index (χ3n) is 3.61. The summed E-state index contributed by atoms with van der Waals surface area (Å²) in [4.78, 5) is 15.1. The zero-order valence-corrected chi connectivity index (χ0v) is 12.9. The minimum Gasteiger partial charge on any atom is -0.361 e. The minimum absolute atomic E-state index is 0.0478. The van der Waals surface area contributed by atoms with Gasteiger partial charge in [0.15, 0.2) is 0 Å². The molecule has 0 saturated heterocycles. The van der Waals surface area contributed by atoms with Crippen LogP contribution in [0.5, 0.6) is 0 Å². The van der Waals surface area contributed by atoms with Crippen molar-refractivity contribution in [3.8, 4) is 11.8 Å². The Balaban J connectivity index is 1.68. The van der Waals surface area contributed by atoms with Gasteiger partial charge in [0.05, 0.1) is 12.1 Å². The van der Waals surface area contributed by atoms with Crippen molar-refractivity contribution in [3.05, 3.63) is 71.4 Å². The number of alkyl halides is 3. The Bertz CT molecular complexity index is 977. The first-order chi connectivity index (χ1) is 11.9. The predicted octanol–water partition coefficient (Wildman–Crippen LogP) is 3.97. The molecule has 6 heteroatoms. The van der Waals surface area contributed by atoms with E-state index in [-0.39, 0.29) is 18.0 Å². The Morgan fingerprint density at radius 2 is 1.92 bits per heavy atom. The fourth-order valence-corrected chi connectivity index (χ4v) is 2.39. The number of halogens is 3. The monoisotopic (exact) mass is 342 g/mol. The number of amides is 1. The van der Waals surface area contributed by atoms with Crippen molar-refractivity contribution in [2.45, 2.75) is 6.18 Å². The summed E-state index contributed by atoms with van der Waals surface area (Å²) in [5, 5.41) is 3.56. The average molecular weight is 342 g/mol. The highest BCUT2D eigenvalue weighted by atomic mass is 19.4. The summed E-state index contributed by atoms with van der Waals surface area (Å²) >= 11 is 0. The molecule has 126 valence electrons. The van der Waals surface area contributed by atoms with Gasteiger partial charge >= 0.3 is 6.18 Å². The van der Waals surface area contributed by atoms with Crippen LogP contribution >= 0.6 is 0 Å². The number of nitrogens with one attached hydrogen (secondary N) is 2. The van der Waals surface area contributed by atoms with E-state index in [9.17, 15) is 18.0 Å². The Morgan fingerprint density at radius 3 is 2.72 bits per heavy atom. The van der Waals surface area contributed by atoms with Crippen molar-refractivity contribution in [2.75, 3.05) is 6.54 Å². The molecule has 1 heterocycles. The minimum atomic E-state index is -4.46. The summed E-state index contributed by atoms with van der Waals surface area (Å²) in [7, 11) is 0. The lowest BCUT2D eigenvalue weighted by Gasteiger charge is -2.08. The van der Waals surface area contributed by atoms with E-state index in [1.807, 2.05) is 12.1 Å². The van der Waals surface area contributed by atoms with Crippen molar-refractivity contribution in [1.29, 1.82) is 0 Å². The second kappa shape index (κ2) is 6.73. The van der Waals surface area contributed by atoms with Gasteiger partial charge in [-0.2, -0.15) is 13.2 Å². The largest absolute Gasteiger partial charge is 0.417 e. The molecule has 1 aromatic heterocycles. The number of H-pyrrole nitrogens is 1. The summed E-state index contributed by atoms with van der Waals surface area (Å²) in [6.07, 6.45) is -2.68. The first kappa shape index (κ1) is 16.7. The van der Waals surface area contributed by atoms with E-state index >= 15 is 0 Å². The molecule has 25 heavy (non-hydrogen) atoms. The van der Waals surface area contributed by atoms with Gasteiger partial charge in [-0.25, -0.2) is 0 Å². The van der Waals surface area contributed by atoms with E-state index in [0.717, 1.165) is 17.0 Å². The molecule has 2 N–H and O–H groups in total. The molecule has 0 radical (unpaired) electrons. The van der Waals surface area contributed by atoms with E-state index in [1.54, 1.807) is 18.3 Å². The van der Waals surface area contributed by atoms with Gasteiger partial charge < -0.3 is 10.3 Å². The van der Waals surface area contributed by atoms with Crippen LogP contribution in [0.1, 0.15) is 21.5 Å². The lowest BCUT2D eigenvalue weighted by Crippen LogP contribution is -2.23. The molecule has 2 aromatic carbocycles. The molecule has 0 aliphatic carbocycles. The van der Waals surface area contributed by atoms with Gasteiger partial charge in [-0.1, -0.05) is 30.0 Å². The van der Waals surface area contributed by atoms with Gasteiger partial charge in [0, 0.05) is 22.8 Å². The average Bonchev–Trinajstić information content (AvgIpc) is 3.05. The summed E-state index contributed by atoms with van der Waals surface area (Å²) in [6.45, 7) is -0.0478. The van der Waals surface area contributed by atoms with E-state index < -0.39 is 11.7 Å². The van der Waals surface area contributed by atoms with Gasteiger partial charge in [-0.15, -0.1) is 0 Å². The topological polar surface area (TPSA) is 44.9 Å². The second-order valence-electron chi connectivity index (χ2n) is 5.31. The van der Waals surface area contributed by atoms with Crippen LogP contribution in [0, 0.1) is 11.8 Å². The molecule has 3 nitrogen and oxygen atoms in total. The highest BCUT2D eigenvalue weighted by Gasteiger charge is 2.32. The molecule has 3 rings (SSSR count). The standard InChI is InChI=1S/C19H13F3N2O/c20-19(21,22)16-6-2-1-4-13(16)5-3-10-24-18(25)15-8-7-14-9-11-23-17(14)12-15/h1-2,4,6-9,11-12,23H,10H2,(H,24,25). The lowest BCUT2D eigenvalue weighted by molar-refractivity contribution is -0.137. The summed E-state index contributed by atoms with van der Waals surface area (Å²) in [5.74, 6) is 4.68. The molecule has 0 aliphatic rings. The highest BCUT2D eigenvalue weighted by Crippen LogP contribution is 2.31. The molecular formula is C19H13F3N2O. The van der Waals surface area contributed by atoms with Crippen LogP contribution in [-0.2, 0) is 6.18 Å². The fourth-order valence-electron chi connectivity index (χ4n) is 2.39. The number of hydrogen-bond acceptors (Lipinski definition) is 1. The van der Waals surface area contributed by atoms with E-state index in [0.29, 0.717) is 5.56 Å². The predicted molar refractivity (Wildman–Crippen MR) is 89.0 cm³/mol. The number of fused-ring (bicyclic) bond motifs is 1. The lowest BCUT2D eigenvalue weighted by atomic mass is 10.1. The van der Waals surface area contributed by atoms with Gasteiger partial charge in [-0.3, -0.25) is 4.79 Å². The summed E-state index contributed by atoms with van der Waals surface area (Å²) in [6, 6.07) is 12.2. The second-order valence-corrected chi connectivity index (χ2v) is 5.31. The summed E-state index contributed by atoms with van der Waals surface area (Å²) in [5.41, 5.74) is 0.383. The zero-order valence-electron chi connectivity index (χ0n) is 12.9. The van der Waals surface area contributed by atoms with Crippen LogP contribution in [0.25, 0.3) is 10.9 Å². The molecular weight excluding hydrogens is 329 g/mol.